The number of rotatable bonds is 5. The van der Waals surface area contributed by atoms with Crippen molar-refractivity contribution >= 4 is 23.1 Å². The van der Waals surface area contributed by atoms with Gasteiger partial charge in [-0.3, -0.25) is 0 Å². The van der Waals surface area contributed by atoms with Crippen molar-refractivity contribution < 1.29 is 0 Å². The van der Waals surface area contributed by atoms with Gasteiger partial charge >= 0.3 is 0 Å². The van der Waals surface area contributed by atoms with E-state index < -0.39 is 0 Å². The molecule has 2 nitrogen and oxygen atoms in total. The van der Waals surface area contributed by atoms with E-state index in [2.05, 4.69) is 23.5 Å². The molecular weight excluding hydrogens is 248 g/mol. The number of nitrogens with one attached hydrogen (secondary N) is 1. The van der Waals surface area contributed by atoms with Crippen LogP contribution >= 0.6 is 23.1 Å². The van der Waals surface area contributed by atoms with Crippen LogP contribution in [-0.4, -0.2) is 22.5 Å². The molecule has 2 rings (SSSR count). The lowest BCUT2D eigenvalue weighted by atomic mass is 9.95. The zero-order valence-corrected chi connectivity index (χ0v) is 12.4. The zero-order valence-electron chi connectivity index (χ0n) is 10.7. The van der Waals surface area contributed by atoms with Crippen molar-refractivity contribution in [3.8, 4) is 0 Å². The Bertz CT molecular complexity index is 338. The highest BCUT2D eigenvalue weighted by Gasteiger charge is 2.23. The molecule has 17 heavy (non-hydrogen) atoms. The van der Waals surface area contributed by atoms with Crippen molar-refractivity contribution in [1.82, 2.24) is 10.3 Å². The predicted molar refractivity (Wildman–Crippen MR) is 77.9 cm³/mol. The Morgan fingerprint density at radius 1 is 1.47 bits per heavy atom. The lowest BCUT2D eigenvalue weighted by molar-refractivity contribution is 0.384. The van der Waals surface area contributed by atoms with Gasteiger partial charge in [0.05, 0.1) is 5.01 Å². The van der Waals surface area contributed by atoms with Crippen molar-refractivity contribution in [3.63, 3.8) is 0 Å². The summed E-state index contributed by atoms with van der Waals surface area (Å²) in [6, 6.07) is 0.700. The molecule has 0 aliphatic heterocycles. The van der Waals surface area contributed by atoms with Crippen LogP contribution in [0.2, 0.25) is 0 Å². The molecule has 0 saturated heterocycles. The molecule has 2 unspecified atom stereocenters. The highest BCUT2D eigenvalue weighted by atomic mass is 32.2. The van der Waals surface area contributed by atoms with E-state index in [4.69, 9.17) is 0 Å². The van der Waals surface area contributed by atoms with Crippen LogP contribution in [0.5, 0.6) is 0 Å². The van der Waals surface area contributed by atoms with E-state index in [1.807, 2.05) is 29.3 Å². The van der Waals surface area contributed by atoms with E-state index in [1.165, 1.54) is 35.6 Å². The molecule has 1 heterocycles. The quantitative estimate of drug-likeness (QED) is 0.887. The van der Waals surface area contributed by atoms with E-state index >= 15 is 0 Å². The minimum Gasteiger partial charge on any atom is -0.308 e. The van der Waals surface area contributed by atoms with Gasteiger partial charge in [-0.2, -0.15) is 11.8 Å². The monoisotopic (exact) mass is 270 g/mol. The van der Waals surface area contributed by atoms with Crippen molar-refractivity contribution in [2.45, 2.75) is 56.9 Å². The van der Waals surface area contributed by atoms with Crippen molar-refractivity contribution in [3.05, 3.63) is 16.1 Å². The summed E-state index contributed by atoms with van der Waals surface area (Å²) >= 11 is 3.87. The first-order valence-corrected chi connectivity index (χ1v) is 8.63. The molecule has 1 aromatic heterocycles. The average Bonchev–Trinajstić information content (AvgIpc) is 2.84. The lowest BCUT2D eigenvalue weighted by Gasteiger charge is -2.30. The number of thiazole rings is 1. The molecule has 1 aliphatic rings. The van der Waals surface area contributed by atoms with Crippen molar-refractivity contribution in [1.29, 1.82) is 0 Å². The van der Waals surface area contributed by atoms with Gasteiger partial charge in [-0.1, -0.05) is 19.8 Å². The van der Waals surface area contributed by atoms with Crippen molar-refractivity contribution in [2.75, 3.05) is 6.26 Å². The lowest BCUT2D eigenvalue weighted by Crippen LogP contribution is -2.39. The first-order valence-electron chi connectivity index (χ1n) is 6.53. The Labute approximate surface area is 113 Å². The Hall–Kier alpha value is -0.0600. The number of thioether (sulfide) groups is 1. The van der Waals surface area contributed by atoms with Gasteiger partial charge in [0, 0.05) is 28.9 Å². The van der Waals surface area contributed by atoms with E-state index in [0.29, 0.717) is 6.04 Å². The van der Waals surface area contributed by atoms with Gasteiger partial charge in [-0.25, -0.2) is 4.98 Å². The third-order valence-electron chi connectivity index (χ3n) is 3.45. The highest BCUT2D eigenvalue weighted by molar-refractivity contribution is 7.99. The number of hydrogen-bond acceptors (Lipinski definition) is 4. The molecule has 0 radical (unpaired) electrons. The molecule has 0 spiro atoms. The first kappa shape index (κ1) is 13.4. The van der Waals surface area contributed by atoms with Crippen LogP contribution in [0, 0.1) is 0 Å². The summed E-state index contributed by atoms with van der Waals surface area (Å²) in [5.41, 5.74) is 0. The van der Waals surface area contributed by atoms with Gasteiger partial charge < -0.3 is 5.32 Å². The van der Waals surface area contributed by atoms with Gasteiger partial charge in [0.15, 0.2) is 0 Å². The third-order valence-corrected chi connectivity index (χ3v) is 5.76. The molecule has 0 bridgehead atoms. The number of nitrogens with zero attached hydrogens (tertiary/aromatic N) is 1. The topological polar surface area (TPSA) is 24.9 Å². The zero-order chi connectivity index (χ0) is 12.1. The van der Waals surface area contributed by atoms with Crippen LogP contribution in [0.1, 0.15) is 42.5 Å². The minimum atomic E-state index is 0.700. The summed E-state index contributed by atoms with van der Waals surface area (Å²) in [5, 5.41) is 5.79. The first-order chi connectivity index (χ1) is 8.33. The molecule has 4 heteroatoms. The molecule has 96 valence electrons. The second kappa shape index (κ2) is 6.76. The Morgan fingerprint density at radius 3 is 3.00 bits per heavy atom. The van der Waals surface area contributed by atoms with Gasteiger partial charge in [0.1, 0.15) is 0 Å². The second-order valence-electron chi connectivity index (χ2n) is 4.62. The van der Waals surface area contributed by atoms with Crippen molar-refractivity contribution in [2.24, 2.45) is 0 Å². The largest absolute Gasteiger partial charge is 0.308 e. The van der Waals surface area contributed by atoms with Crippen LogP contribution < -0.4 is 5.32 Å². The SMILES string of the molecule is CCc1ncc(CNC2CCCCC2SC)s1. The molecule has 1 aliphatic carbocycles. The van der Waals surface area contributed by atoms with E-state index in [9.17, 15) is 0 Å². The predicted octanol–water partition coefficient (Wildman–Crippen LogP) is 3.47. The fourth-order valence-corrected chi connectivity index (χ4v) is 4.21. The van der Waals surface area contributed by atoms with Crippen LogP contribution in [-0.2, 0) is 13.0 Å². The van der Waals surface area contributed by atoms with Gasteiger partial charge in [-0.15, -0.1) is 11.3 Å². The molecule has 0 amide bonds. The number of hydrogen-bond donors (Lipinski definition) is 1. The van der Waals surface area contributed by atoms with Gasteiger partial charge in [0.2, 0.25) is 0 Å². The Morgan fingerprint density at radius 2 is 2.29 bits per heavy atom. The summed E-state index contributed by atoms with van der Waals surface area (Å²) in [5.74, 6) is 0. The maximum Gasteiger partial charge on any atom is 0.0925 e. The Balaban J connectivity index is 1.83. The van der Waals surface area contributed by atoms with E-state index in [0.717, 1.165) is 18.2 Å². The molecule has 1 aromatic rings. The van der Waals surface area contributed by atoms with E-state index in [1.54, 1.807) is 0 Å². The molecular formula is C13H22N2S2. The van der Waals surface area contributed by atoms with Gasteiger partial charge in [-0.05, 0) is 25.5 Å². The normalized spacial score (nSPS) is 25.1. The smallest absolute Gasteiger partial charge is 0.0925 e. The summed E-state index contributed by atoms with van der Waals surface area (Å²) < 4.78 is 0. The van der Waals surface area contributed by atoms with Crippen LogP contribution in [0.15, 0.2) is 6.20 Å². The molecule has 1 saturated carbocycles. The van der Waals surface area contributed by atoms with Crippen LogP contribution in [0.4, 0.5) is 0 Å². The Kier molecular flexibility index (Phi) is 5.32. The fourth-order valence-electron chi connectivity index (χ4n) is 2.44. The molecule has 2 atom stereocenters. The highest BCUT2D eigenvalue weighted by Crippen LogP contribution is 2.27. The number of aryl methyl sites for hydroxylation is 1. The third kappa shape index (κ3) is 3.70. The van der Waals surface area contributed by atoms with E-state index in [-0.39, 0.29) is 0 Å². The van der Waals surface area contributed by atoms with Gasteiger partial charge in [0.25, 0.3) is 0 Å². The summed E-state index contributed by atoms with van der Waals surface area (Å²) in [6.45, 7) is 3.17. The average molecular weight is 270 g/mol. The number of aromatic nitrogens is 1. The molecule has 0 aromatic carbocycles. The standard InChI is InChI=1S/C13H22N2S2/c1-3-13-15-9-10(17-13)8-14-11-6-4-5-7-12(11)16-2/h9,11-12,14H,3-8H2,1-2H3. The van der Waals surface area contributed by atoms with Crippen LogP contribution in [0.3, 0.4) is 0 Å². The maximum atomic E-state index is 4.41. The molecule has 1 N–H and O–H groups in total. The maximum absolute atomic E-state index is 4.41. The second-order valence-corrected chi connectivity index (χ2v) is 6.90. The summed E-state index contributed by atoms with van der Waals surface area (Å²) in [4.78, 5) is 5.79. The minimum absolute atomic E-state index is 0.700. The summed E-state index contributed by atoms with van der Waals surface area (Å²) in [6.07, 6.45) is 10.8. The molecule has 1 fully saturated rings. The fraction of sp³-hybridized carbons (Fsp3) is 0.769. The van der Waals surface area contributed by atoms with Crippen LogP contribution in [0.25, 0.3) is 0 Å². The summed E-state index contributed by atoms with van der Waals surface area (Å²) in [7, 11) is 0.